The van der Waals surface area contributed by atoms with Gasteiger partial charge in [0.1, 0.15) is 12.4 Å². The first-order chi connectivity index (χ1) is 11.9. The molecule has 1 aromatic carbocycles. The zero-order chi connectivity index (χ0) is 18.1. The van der Waals surface area contributed by atoms with E-state index in [9.17, 15) is 18.3 Å². The first kappa shape index (κ1) is 18.2. The molecular formula is C17H23NO6S. The van der Waals surface area contributed by atoms with Crippen LogP contribution in [0.5, 0.6) is 5.75 Å². The van der Waals surface area contributed by atoms with E-state index >= 15 is 0 Å². The molecule has 1 aliphatic carbocycles. The molecule has 3 rings (SSSR count). The van der Waals surface area contributed by atoms with Gasteiger partial charge >= 0.3 is 5.97 Å². The molecule has 0 spiro atoms. The summed E-state index contributed by atoms with van der Waals surface area (Å²) in [5.41, 5.74) is -0.920. The molecule has 2 fully saturated rings. The lowest BCUT2D eigenvalue weighted by Crippen LogP contribution is -2.37. The summed E-state index contributed by atoms with van der Waals surface area (Å²) in [7, 11) is -2.13. The van der Waals surface area contributed by atoms with Crippen LogP contribution in [0.15, 0.2) is 29.2 Å². The van der Waals surface area contributed by atoms with Crippen molar-refractivity contribution in [2.24, 2.45) is 11.3 Å². The molecule has 1 saturated carbocycles. The number of nitrogens with zero attached hydrogens (tertiary/aromatic N) is 1. The molecular weight excluding hydrogens is 346 g/mol. The second-order valence-corrected chi connectivity index (χ2v) is 8.60. The van der Waals surface area contributed by atoms with Gasteiger partial charge in [0.15, 0.2) is 0 Å². The average molecular weight is 369 g/mol. The van der Waals surface area contributed by atoms with Crippen LogP contribution in [0.3, 0.4) is 0 Å². The maximum Gasteiger partial charge on any atom is 0.311 e. The zero-order valence-corrected chi connectivity index (χ0v) is 15.0. The molecule has 1 N–H and O–H groups in total. The molecule has 2 aliphatic rings. The zero-order valence-electron chi connectivity index (χ0n) is 14.2. The van der Waals surface area contributed by atoms with E-state index in [0.29, 0.717) is 25.4 Å². The quantitative estimate of drug-likeness (QED) is 0.734. The highest BCUT2D eigenvalue weighted by molar-refractivity contribution is 7.89. The molecule has 1 aromatic rings. The van der Waals surface area contributed by atoms with Gasteiger partial charge in [0.25, 0.3) is 0 Å². The SMILES string of the molecule is COCCOc1ccc(S(=O)(=O)N2C[C@@H]3CCC[C@@]3(C(=O)O)C2)cc1. The maximum absolute atomic E-state index is 12.9. The fourth-order valence-electron chi connectivity index (χ4n) is 3.88. The van der Waals surface area contributed by atoms with Crippen LogP contribution in [-0.4, -0.2) is 57.2 Å². The fraction of sp³-hybridized carbons (Fsp3) is 0.588. The van der Waals surface area contributed by atoms with Crippen molar-refractivity contribution in [3.05, 3.63) is 24.3 Å². The Morgan fingerprint density at radius 3 is 2.64 bits per heavy atom. The van der Waals surface area contributed by atoms with Crippen LogP contribution >= 0.6 is 0 Å². The highest BCUT2D eigenvalue weighted by Crippen LogP contribution is 2.50. The molecule has 25 heavy (non-hydrogen) atoms. The Kier molecular flexibility index (Phi) is 5.04. The van der Waals surface area contributed by atoms with Gasteiger partial charge in [0, 0.05) is 20.2 Å². The topological polar surface area (TPSA) is 93.1 Å². The molecule has 138 valence electrons. The first-order valence-corrected chi connectivity index (χ1v) is 9.79. The Labute approximate surface area is 147 Å². The first-order valence-electron chi connectivity index (χ1n) is 8.35. The molecule has 0 unspecified atom stereocenters. The highest BCUT2D eigenvalue weighted by atomic mass is 32.2. The third kappa shape index (κ3) is 3.26. The summed E-state index contributed by atoms with van der Waals surface area (Å²) >= 11 is 0. The number of methoxy groups -OCH3 is 1. The van der Waals surface area contributed by atoms with Crippen LogP contribution in [0.4, 0.5) is 0 Å². The molecule has 0 radical (unpaired) electrons. The van der Waals surface area contributed by atoms with Crippen molar-refractivity contribution < 1.29 is 27.8 Å². The number of fused-ring (bicyclic) bond motifs is 1. The second kappa shape index (κ2) is 6.93. The number of ether oxygens (including phenoxy) is 2. The van der Waals surface area contributed by atoms with E-state index in [4.69, 9.17) is 9.47 Å². The van der Waals surface area contributed by atoms with Crippen LogP contribution < -0.4 is 4.74 Å². The summed E-state index contributed by atoms with van der Waals surface area (Å²) in [6, 6.07) is 6.21. The minimum absolute atomic E-state index is 0.0570. The summed E-state index contributed by atoms with van der Waals surface area (Å²) < 4.78 is 37.4. The van der Waals surface area contributed by atoms with Gasteiger partial charge in [-0.3, -0.25) is 4.79 Å². The number of benzene rings is 1. The van der Waals surface area contributed by atoms with Gasteiger partial charge in [0.2, 0.25) is 10.0 Å². The van der Waals surface area contributed by atoms with Crippen molar-refractivity contribution in [3.63, 3.8) is 0 Å². The largest absolute Gasteiger partial charge is 0.491 e. The Bertz CT molecular complexity index is 732. The van der Waals surface area contributed by atoms with Gasteiger partial charge in [0.05, 0.1) is 16.9 Å². The number of hydrogen-bond acceptors (Lipinski definition) is 5. The van der Waals surface area contributed by atoms with Crippen LogP contribution in [0.1, 0.15) is 19.3 Å². The van der Waals surface area contributed by atoms with Crippen molar-refractivity contribution in [1.29, 1.82) is 0 Å². The lowest BCUT2D eigenvalue weighted by molar-refractivity contribution is -0.149. The smallest absolute Gasteiger partial charge is 0.311 e. The minimum Gasteiger partial charge on any atom is -0.491 e. The second-order valence-electron chi connectivity index (χ2n) is 6.66. The van der Waals surface area contributed by atoms with Crippen LogP contribution in [0, 0.1) is 11.3 Å². The lowest BCUT2D eigenvalue weighted by Gasteiger charge is -2.23. The molecule has 8 heteroatoms. The van der Waals surface area contributed by atoms with E-state index in [1.807, 2.05) is 0 Å². The van der Waals surface area contributed by atoms with Gasteiger partial charge in [-0.25, -0.2) is 8.42 Å². The van der Waals surface area contributed by atoms with Crippen molar-refractivity contribution in [3.8, 4) is 5.75 Å². The number of carboxylic acids is 1. The summed E-state index contributed by atoms with van der Waals surface area (Å²) in [6.07, 6.45) is 2.16. The standard InChI is InChI=1S/C17H23NO6S/c1-23-9-10-24-14-4-6-15(7-5-14)25(21,22)18-11-13-3-2-8-17(13,12-18)16(19)20/h4-7,13H,2-3,8-12H2,1H3,(H,19,20)/t13-,17+/m0/s1. The number of sulfonamides is 1. The van der Waals surface area contributed by atoms with Crippen molar-refractivity contribution in [1.82, 2.24) is 4.31 Å². The Balaban J connectivity index is 1.75. The van der Waals surface area contributed by atoms with E-state index in [0.717, 1.165) is 12.8 Å². The predicted octanol–water partition coefficient (Wildman–Crippen LogP) is 1.59. The third-order valence-corrected chi connectivity index (χ3v) is 7.11. The van der Waals surface area contributed by atoms with E-state index in [1.54, 1.807) is 19.2 Å². The van der Waals surface area contributed by atoms with Crippen LogP contribution in [-0.2, 0) is 19.6 Å². The van der Waals surface area contributed by atoms with Crippen LogP contribution in [0.2, 0.25) is 0 Å². The molecule has 0 aromatic heterocycles. The molecule has 1 heterocycles. The van der Waals surface area contributed by atoms with E-state index in [-0.39, 0.29) is 23.9 Å². The number of hydrogen-bond donors (Lipinski definition) is 1. The summed E-state index contributed by atoms with van der Waals surface area (Å²) in [5.74, 6) is -0.415. The number of rotatable bonds is 7. The third-order valence-electron chi connectivity index (χ3n) is 5.28. The lowest BCUT2D eigenvalue weighted by atomic mass is 9.81. The average Bonchev–Trinajstić information content (AvgIpc) is 3.14. The fourth-order valence-corrected chi connectivity index (χ4v) is 5.43. The summed E-state index contributed by atoms with van der Waals surface area (Å²) in [6.45, 7) is 1.17. The molecule has 7 nitrogen and oxygen atoms in total. The molecule has 0 bridgehead atoms. The van der Waals surface area contributed by atoms with Gasteiger partial charge in [-0.15, -0.1) is 0 Å². The monoisotopic (exact) mass is 369 g/mol. The van der Waals surface area contributed by atoms with Crippen LogP contribution in [0.25, 0.3) is 0 Å². The van der Waals surface area contributed by atoms with Crippen molar-refractivity contribution >= 4 is 16.0 Å². The van der Waals surface area contributed by atoms with Crippen molar-refractivity contribution in [2.75, 3.05) is 33.4 Å². The highest BCUT2D eigenvalue weighted by Gasteiger charge is 2.57. The molecule has 1 saturated heterocycles. The Morgan fingerprint density at radius 1 is 1.32 bits per heavy atom. The van der Waals surface area contributed by atoms with Gasteiger partial charge < -0.3 is 14.6 Å². The number of aliphatic carboxylic acids is 1. The number of carbonyl (C=O) groups is 1. The van der Waals surface area contributed by atoms with Gasteiger partial charge in [-0.05, 0) is 43.0 Å². The van der Waals surface area contributed by atoms with Crippen molar-refractivity contribution in [2.45, 2.75) is 24.2 Å². The van der Waals surface area contributed by atoms with E-state index < -0.39 is 21.4 Å². The van der Waals surface area contributed by atoms with Gasteiger partial charge in [-0.2, -0.15) is 4.31 Å². The predicted molar refractivity (Wildman–Crippen MR) is 90.0 cm³/mol. The summed E-state index contributed by atoms with van der Waals surface area (Å²) in [5, 5.41) is 9.62. The maximum atomic E-state index is 12.9. The normalized spacial score (nSPS) is 26.5. The molecule has 2 atom stereocenters. The van der Waals surface area contributed by atoms with Gasteiger partial charge in [-0.1, -0.05) is 6.42 Å². The summed E-state index contributed by atoms with van der Waals surface area (Å²) in [4.78, 5) is 11.9. The Morgan fingerprint density at radius 2 is 2.04 bits per heavy atom. The van der Waals surface area contributed by atoms with E-state index in [2.05, 4.69) is 0 Å². The Hall–Kier alpha value is -1.64. The van der Waals surface area contributed by atoms with E-state index in [1.165, 1.54) is 16.4 Å². The molecule has 0 amide bonds. The minimum atomic E-state index is -3.70. The number of carboxylic acid groups (broad SMARTS) is 1. The molecule has 1 aliphatic heterocycles.